The molecule has 2 aliphatic rings. The van der Waals surface area contributed by atoms with Gasteiger partial charge in [-0.1, -0.05) is 72.8 Å². The summed E-state index contributed by atoms with van der Waals surface area (Å²) in [7, 11) is 0. The quantitative estimate of drug-likeness (QED) is 0.174. The van der Waals surface area contributed by atoms with Gasteiger partial charge in [0.05, 0.1) is 43.1 Å². The number of aliphatic hydroxyl groups excluding tert-OH is 2. The van der Waals surface area contributed by atoms with Crippen LogP contribution in [0.15, 0.2) is 97.1 Å². The third kappa shape index (κ3) is 6.44. The first-order valence-electron chi connectivity index (χ1n) is 14.4. The molecule has 0 radical (unpaired) electrons. The van der Waals surface area contributed by atoms with Crippen LogP contribution in [0, 0.1) is 0 Å². The second-order valence-electron chi connectivity index (χ2n) is 10.7. The number of aliphatic hydroxyl groups is 2. The Bertz CT molecular complexity index is 1570. The summed E-state index contributed by atoms with van der Waals surface area (Å²) >= 11 is 1.66. The lowest BCUT2D eigenvalue weighted by Gasteiger charge is -2.36. The fourth-order valence-electron chi connectivity index (χ4n) is 5.58. The molecule has 0 aromatic heterocycles. The lowest BCUT2D eigenvalue weighted by atomic mass is 9.99. The molecular weight excluding hydrogens is 562 g/mol. The van der Waals surface area contributed by atoms with Crippen LogP contribution < -0.4 is 0 Å². The van der Waals surface area contributed by atoms with Gasteiger partial charge in [-0.3, -0.25) is 14.5 Å². The van der Waals surface area contributed by atoms with Gasteiger partial charge in [0.1, 0.15) is 0 Å². The largest absolute Gasteiger partial charge is 0.396 e. The molecule has 2 aliphatic heterocycles. The van der Waals surface area contributed by atoms with Gasteiger partial charge < -0.3 is 19.7 Å². The van der Waals surface area contributed by atoms with Crippen LogP contribution in [0.5, 0.6) is 0 Å². The lowest BCUT2D eigenvalue weighted by Crippen LogP contribution is -2.31. The molecule has 1 saturated heterocycles. The van der Waals surface area contributed by atoms with Gasteiger partial charge >= 0.3 is 0 Å². The van der Waals surface area contributed by atoms with Gasteiger partial charge in [0.2, 0.25) is 0 Å². The SMILES string of the molecule is O=C1c2ccccc2C(=O)N1Cc1cccc(-c2cccc([C@@H]3O[C@H](CSCCO)C[C@H](c4ccc(CO)cc4)O3)c2)c1. The smallest absolute Gasteiger partial charge is 0.261 e. The van der Waals surface area contributed by atoms with E-state index in [1.54, 1.807) is 36.0 Å². The average Bonchev–Trinajstić information content (AvgIpc) is 3.30. The number of hydrogen-bond donors (Lipinski definition) is 2. The van der Waals surface area contributed by atoms with Crippen molar-refractivity contribution in [2.24, 2.45) is 0 Å². The second kappa shape index (κ2) is 13.2. The maximum atomic E-state index is 12.9. The Labute approximate surface area is 255 Å². The standard InChI is InChI=1S/C35H33NO6S/c37-15-16-43-22-29-19-32(25-13-11-23(21-38)12-14-25)42-35(41-29)28-8-4-7-27(18-28)26-6-3-5-24(17-26)20-36-33(39)30-9-1-2-10-31(30)34(36)40/h1-14,17-18,29,32,35,37-38H,15-16,19-22H2/t29-,32+,35+/m0/s1. The third-order valence-corrected chi connectivity index (χ3v) is 8.87. The first-order valence-corrected chi connectivity index (χ1v) is 15.5. The molecule has 6 rings (SSSR count). The van der Waals surface area contributed by atoms with E-state index in [4.69, 9.17) is 9.47 Å². The van der Waals surface area contributed by atoms with E-state index < -0.39 is 6.29 Å². The molecule has 7 nitrogen and oxygen atoms in total. The molecule has 3 atom stereocenters. The predicted molar refractivity (Wildman–Crippen MR) is 165 cm³/mol. The van der Waals surface area contributed by atoms with E-state index in [1.807, 2.05) is 66.7 Å². The van der Waals surface area contributed by atoms with Gasteiger partial charge in [-0.15, -0.1) is 0 Å². The van der Waals surface area contributed by atoms with E-state index in [0.29, 0.717) is 23.3 Å². The molecule has 8 heteroatoms. The molecule has 0 saturated carbocycles. The molecule has 4 aromatic carbocycles. The zero-order valence-electron chi connectivity index (χ0n) is 23.6. The molecule has 2 N–H and O–H groups in total. The molecule has 220 valence electrons. The van der Waals surface area contributed by atoms with Crippen molar-refractivity contribution in [2.75, 3.05) is 18.1 Å². The number of nitrogens with zero attached hydrogens (tertiary/aromatic N) is 1. The Morgan fingerprint density at radius 1 is 0.744 bits per heavy atom. The van der Waals surface area contributed by atoms with E-state index in [1.165, 1.54) is 4.90 Å². The van der Waals surface area contributed by atoms with Gasteiger partial charge in [-0.2, -0.15) is 11.8 Å². The van der Waals surface area contributed by atoms with Crippen LogP contribution in [-0.4, -0.2) is 51.1 Å². The highest BCUT2D eigenvalue weighted by atomic mass is 32.2. The Morgan fingerprint density at radius 3 is 2.14 bits per heavy atom. The van der Waals surface area contributed by atoms with Crippen molar-refractivity contribution in [2.45, 2.75) is 38.1 Å². The van der Waals surface area contributed by atoms with Crippen LogP contribution in [-0.2, 0) is 22.6 Å². The number of rotatable bonds is 10. The summed E-state index contributed by atoms with van der Waals surface area (Å²) < 4.78 is 12.9. The Kier molecular flexibility index (Phi) is 9.02. The fourth-order valence-corrected chi connectivity index (χ4v) is 6.35. The summed E-state index contributed by atoms with van der Waals surface area (Å²) in [5.74, 6) is 0.845. The van der Waals surface area contributed by atoms with Crippen molar-refractivity contribution in [3.8, 4) is 11.1 Å². The zero-order chi connectivity index (χ0) is 29.8. The number of amides is 2. The number of hydrogen-bond acceptors (Lipinski definition) is 7. The Morgan fingerprint density at radius 2 is 1.44 bits per heavy atom. The van der Waals surface area contributed by atoms with Crippen molar-refractivity contribution in [3.05, 3.63) is 130 Å². The number of carbonyl (C=O) groups is 2. The molecule has 1 fully saturated rings. The first-order chi connectivity index (χ1) is 21.0. The lowest BCUT2D eigenvalue weighted by molar-refractivity contribution is -0.245. The molecule has 0 unspecified atom stereocenters. The number of fused-ring (bicyclic) bond motifs is 1. The highest BCUT2D eigenvalue weighted by Gasteiger charge is 2.35. The topological polar surface area (TPSA) is 96.3 Å². The minimum Gasteiger partial charge on any atom is -0.396 e. The zero-order valence-corrected chi connectivity index (χ0v) is 24.4. The summed E-state index contributed by atoms with van der Waals surface area (Å²) in [6.07, 6.45) is -0.146. The monoisotopic (exact) mass is 595 g/mol. The fraction of sp³-hybridized carbons (Fsp3) is 0.257. The maximum Gasteiger partial charge on any atom is 0.261 e. The molecule has 43 heavy (non-hydrogen) atoms. The number of thioether (sulfide) groups is 1. The van der Waals surface area contributed by atoms with Crippen LogP contribution in [0.2, 0.25) is 0 Å². The first kappa shape index (κ1) is 29.3. The summed E-state index contributed by atoms with van der Waals surface area (Å²) in [5, 5.41) is 18.7. The van der Waals surface area contributed by atoms with Crippen molar-refractivity contribution in [3.63, 3.8) is 0 Å². The number of carbonyl (C=O) groups excluding carboxylic acids is 2. The van der Waals surface area contributed by atoms with Crippen LogP contribution in [0.3, 0.4) is 0 Å². The van der Waals surface area contributed by atoms with Crippen molar-refractivity contribution < 1.29 is 29.3 Å². The highest BCUT2D eigenvalue weighted by molar-refractivity contribution is 7.99. The molecule has 0 aliphatic carbocycles. The van der Waals surface area contributed by atoms with E-state index in [9.17, 15) is 19.8 Å². The normalized spacial score (nSPS) is 20.0. The van der Waals surface area contributed by atoms with E-state index in [0.717, 1.165) is 39.1 Å². The van der Waals surface area contributed by atoms with E-state index >= 15 is 0 Å². The van der Waals surface area contributed by atoms with Crippen LogP contribution in [0.25, 0.3) is 11.1 Å². The maximum absolute atomic E-state index is 12.9. The van der Waals surface area contributed by atoms with Gasteiger partial charge in [0.25, 0.3) is 11.8 Å². The number of ether oxygens (including phenoxy) is 2. The minimum atomic E-state index is -0.586. The minimum absolute atomic E-state index is 0.00967. The van der Waals surface area contributed by atoms with Gasteiger partial charge in [0, 0.05) is 23.5 Å². The Balaban J connectivity index is 1.22. The van der Waals surface area contributed by atoms with Crippen LogP contribution >= 0.6 is 11.8 Å². The second-order valence-corrected chi connectivity index (χ2v) is 11.9. The predicted octanol–water partition coefficient (Wildman–Crippen LogP) is 5.91. The molecule has 0 bridgehead atoms. The van der Waals surface area contributed by atoms with Crippen molar-refractivity contribution in [1.82, 2.24) is 4.90 Å². The van der Waals surface area contributed by atoms with Crippen molar-refractivity contribution in [1.29, 1.82) is 0 Å². The molecule has 2 heterocycles. The third-order valence-electron chi connectivity index (χ3n) is 7.79. The van der Waals surface area contributed by atoms with E-state index in [-0.39, 0.29) is 43.8 Å². The van der Waals surface area contributed by atoms with Gasteiger partial charge in [-0.25, -0.2) is 0 Å². The van der Waals surface area contributed by atoms with Crippen LogP contribution in [0.1, 0.15) is 61.8 Å². The van der Waals surface area contributed by atoms with Gasteiger partial charge in [0.15, 0.2) is 6.29 Å². The van der Waals surface area contributed by atoms with E-state index in [2.05, 4.69) is 6.07 Å². The summed E-state index contributed by atoms with van der Waals surface area (Å²) in [6.45, 7) is 0.306. The van der Waals surface area contributed by atoms with Gasteiger partial charge in [-0.05, 0) is 52.1 Å². The summed E-state index contributed by atoms with van der Waals surface area (Å²) in [5.41, 5.74) is 6.43. The molecule has 2 amide bonds. The summed E-state index contributed by atoms with van der Waals surface area (Å²) in [4.78, 5) is 27.1. The molecule has 4 aromatic rings. The number of benzene rings is 4. The average molecular weight is 596 g/mol. The number of imide groups is 1. The Hall–Kier alpha value is -3.79. The van der Waals surface area contributed by atoms with Crippen molar-refractivity contribution >= 4 is 23.6 Å². The van der Waals surface area contributed by atoms with Crippen LogP contribution in [0.4, 0.5) is 0 Å². The molecular formula is C35H33NO6S. The summed E-state index contributed by atoms with van der Waals surface area (Å²) in [6, 6.07) is 30.6. The molecule has 0 spiro atoms. The highest BCUT2D eigenvalue weighted by Crippen LogP contribution is 2.39.